The predicted molar refractivity (Wildman–Crippen MR) is 65.2 cm³/mol. The van der Waals surface area contributed by atoms with Crippen LogP contribution in [0.3, 0.4) is 0 Å². The molecule has 3 nitrogen and oxygen atoms in total. The van der Waals surface area contributed by atoms with E-state index in [0.29, 0.717) is 12.1 Å². The Labute approximate surface area is 106 Å². The number of rotatable bonds is 2. The van der Waals surface area contributed by atoms with E-state index in [1.807, 2.05) is 19.0 Å². The molecule has 2 unspecified atom stereocenters. The van der Waals surface area contributed by atoms with Crippen LogP contribution < -0.4 is 0 Å². The van der Waals surface area contributed by atoms with Crippen molar-refractivity contribution in [2.24, 2.45) is 0 Å². The van der Waals surface area contributed by atoms with Crippen LogP contribution >= 0.6 is 0 Å². The summed E-state index contributed by atoms with van der Waals surface area (Å²) in [6.07, 6.45) is -0.812. The summed E-state index contributed by atoms with van der Waals surface area (Å²) in [6.45, 7) is 2.50. The molecule has 2 atom stereocenters. The van der Waals surface area contributed by atoms with Crippen molar-refractivity contribution >= 4 is 0 Å². The fourth-order valence-electron chi connectivity index (χ4n) is 2.30. The normalized spacial score (nSPS) is 24.2. The lowest BCUT2D eigenvalue weighted by Crippen LogP contribution is -2.52. The third kappa shape index (κ3) is 2.68. The number of hydrogen-bond acceptors (Lipinski definition) is 3. The van der Waals surface area contributed by atoms with Crippen molar-refractivity contribution in [2.45, 2.75) is 12.1 Å². The maximum Gasteiger partial charge on any atom is 0.159 e. The molecule has 0 bridgehead atoms. The topological polar surface area (TPSA) is 26.7 Å². The van der Waals surface area contributed by atoms with Crippen LogP contribution in [0.2, 0.25) is 0 Å². The van der Waals surface area contributed by atoms with Gasteiger partial charge in [-0.25, -0.2) is 8.78 Å². The molecule has 0 amide bonds. The number of aliphatic hydroxyl groups excluding tert-OH is 1. The lowest BCUT2D eigenvalue weighted by Gasteiger charge is -2.40. The molecule has 1 N–H and O–H groups in total. The molecule has 5 heteroatoms. The molecule has 1 fully saturated rings. The van der Waals surface area contributed by atoms with Crippen LogP contribution in [0.1, 0.15) is 11.7 Å². The number of aliphatic hydroxyl groups is 1. The molecule has 0 radical (unpaired) electrons. The summed E-state index contributed by atoms with van der Waals surface area (Å²) in [5.74, 6) is -1.81. The summed E-state index contributed by atoms with van der Waals surface area (Å²) in [4.78, 5) is 4.17. The number of piperazine rings is 1. The molecule has 1 aliphatic rings. The van der Waals surface area contributed by atoms with Gasteiger partial charge < -0.3 is 10.0 Å². The van der Waals surface area contributed by atoms with Crippen LogP contribution in [0.5, 0.6) is 0 Å². The standard InChI is InChI=1S/C13H18F2N2O/c1-16-5-6-17(2)12(8-16)13(18)9-3-4-10(14)11(15)7-9/h3-4,7,12-13,18H,5-6,8H2,1-2H3. The molecule has 1 aliphatic heterocycles. The zero-order chi connectivity index (χ0) is 13.3. The van der Waals surface area contributed by atoms with Crippen molar-refractivity contribution in [3.8, 4) is 0 Å². The molecular formula is C13H18F2N2O. The van der Waals surface area contributed by atoms with Crippen LogP contribution in [0, 0.1) is 11.6 Å². The highest BCUT2D eigenvalue weighted by molar-refractivity contribution is 5.21. The fourth-order valence-corrected chi connectivity index (χ4v) is 2.30. The van der Waals surface area contributed by atoms with Gasteiger partial charge >= 0.3 is 0 Å². The van der Waals surface area contributed by atoms with Gasteiger partial charge in [-0.2, -0.15) is 0 Å². The first-order chi connectivity index (χ1) is 8.49. The molecule has 1 aromatic rings. The Morgan fingerprint density at radius 1 is 1.22 bits per heavy atom. The lowest BCUT2D eigenvalue weighted by molar-refractivity contribution is 0.0136. The van der Waals surface area contributed by atoms with E-state index >= 15 is 0 Å². The highest BCUT2D eigenvalue weighted by atomic mass is 19.2. The van der Waals surface area contributed by atoms with Gasteiger partial charge in [-0.1, -0.05) is 6.07 Å². The summed E-state index contributed by atoms with van der Waals surface area (Å²) in [6, 6.07) is 3.46. The average Bonchev–Trinajstić information content (AvgIpc) is 2.35. The van der Waals surface area contributed by atoms with Crippen molar-refractivity contribution in [3.05, 3.63) is 35.4 Å². The Morgan fingerprint density at radius 2 is 1.94 bits per heavy atom. The van der Waals surface area contributed by atoms with E-state index in [-0.39, 0.29) is 6.04 Å². The third-order valence-electron chi connectivity index (χ3n) is 3.55. The van der Waals surface area contributed by atoms with Crippen molar-refractivity contribution in [3.63, 3.8) is 0 Å². The van der Waals surface area contributed by atoms with Crippen molar-refractivity contribution in [1.29, 1.82) is 0 Å². The van der Waals surface area contributed by atoms with E-state index in [9.17, 15) is 13.9 Å². The number of nitrogens with zero attached hydrogens (tertiary/aromatic N) is 2. The maximum atomic E-state index is 13.2. The van der Waals surface area contributed by atoms with Gasteiger partial charge in [0.25, 0.3) is 0 Å². The van der Waals surface area contributed by atoms with Gasteiger partial charge in [0.1, 0.15) is 0 Å². The molecular weight excluding hydrogens is 238 g/mol. The second-order valence-corrected chi connectivity index (χ2v) is 4.93. The Kier molecular flexibility index (Phi) is 3.94. The molecule has 1 aromatic carbocycles. The van der Waals surface area contributed by atoms with Gasteiger partial charge in [0, 0.05) is 19.6 Å². The first-order valence-corrected chi connectivity index (χ1v) is 6.01. The number of benzene rings is 1. The summed E-state index contributed by atoms with van der Waals surface area (Å²) in [7, 11) is 3.92. The van der Waals surface area contributed by atoms with Gasteiger partial charge in [-0.05, 0) is 31.8 Å². The van der Waals surface area contributed by atoms with Crippen LogP contribution in [0.15, 0.2) is 18.2 Å². The van der Waals surface area contributed by atoms with Crippen molar-refractivity contribution < 1.29 is 13.9 Å². The SMILES string of the molecule is CN1CCN(C)C(C(O)c2ccc(F)c(F)c2)C1. The largest absolute Gasteiger partial charge is 0.387 e. The van der Waals surface area contributed by atoms with E-state index in [0.717, 1.165) is 25.2 Å². The van der Waals surface area contributed by atoms with Crippen LogP contribution in [-0.4, -0.2) is 54.7 Å². The maximum absolute atomic E-state index is 13.2. The predicted octanol–water partition coefficient (Wildman–Crippen LogP) is 1.24. The smallest absolute Gasteiger partial charge is 0.159 e. The Hall–Kier alpha value is -1.04. The number of hydrogen-bond donors (Lipinski definition) is 1. The van der Waals surface area contributed by atoms with E-state index in [4.69, 9.17) is 0 Å². The lowest BCUT2D eigenvalue weighted by atomic mass is 9.99. The molecule has 0 aliphatic carbocycles. The molecule has 1 saturated heterocycles. The fraction of sp³-hybridized carbons (Fsp3) is 0.538. The van der Waals surface area contributed by atoms with Crippen molar-refractivity contribution in [1.82, 2.24) is 9.80 Å². The highest BCUT2D eigenvalue weighted by Crippen LogP contribution is 2.24. The molecule has 2 rings (SSSR count). The minimum atomic E-state index is -0.918. The highest BCUT2D eigenvalue weighted by Gasteiger charge is 2.29. The number of likely N-dealkylation sites (N-methyl/N-ethyl adjacent to an activating group) is 2. The summed E-state index contributed by atoms with van der Waals surface area (Å²) >= 11 is 0. The quantitative estimate of drug-likeness (QED) is 0.862. The van der Waals surface area contributed by atoms with Crippen molar-refractivity contribution in [2.75, 3.05) is 33.7 Å². The molecule has 0 aromatic heterocycles. The van der Waals surface area contributed by atoms with Gasteiger partial charge in [0.05, 0.1) is 12.1 Å². The Balaban J connectivity index is 2.18. The van der Waals surface area contributed by atoms with Gasteiger partial charge in [0.2, 0.25) is 0 Å². The summed E-state index contributed by atoms with van der Waals surface area (Å²) < 4.78 is 26.0. The Morgan fingerprint density at radius 3 is 2.61 bits per heavy atom. The average molecular weight is 256 g/mol. The van der Waals surface area contributed by atoms with Crippen LogP contribution in [-0.2, 0) is 0 Å². The van der Waals surface area contributed by atoms with Crippen LogP contribution in [0.25, 0.3) is 0 Å². The number of halogens is 2. The van der Waals surface area contributed by atoms with Gasteiger partial charge in [-0.3, -0.25) is 4.90 Å². The Bertz CT molecular complexity index is 427. The van der Waals surface area contributed by atoms with E-state index in [1.54, 1.807) is 0 Å². The van der Waals surface area contributed by atoms with Gasteiger partial charge in [0.15, 0.2) is 11.6 Å². The second kappa shape index (κ2) is 5.30. The second-order valence-electron chi connectivity index (χ2n) is 4.93. The first-order valence-electron chi connectivity index (χ1n) is 6.01. The van der Waals surface area contributed by atoms with E-state index < -0.39 is 17.7 Å². The molecule has 18 heavy (non-hydrogen) atoms. The monoisotopic (exact) mass is 256 g/mol. The summed E-state index contributed by atoms with van der Waals surface area (Å²) in [5, 5.41) is 10.3. The van der Waals surface area contributed by atoms with E-state index in [1.165, 1.54) is 6.07 Å². The van der Waals surface area contributed by atoms with Gasteiger partial charge in [-0.15, -0.1) is 0 Å². The minimum Gasteiger partial charge on any atom is -0.387 e. The van der Waals surface area contributed by atoms with E-state index in [2.05, 4.69) is 4.90 Å². The molecule has 0 spiro atoms. The first kappa shape index (κ1) is 13.4. The third-order valence-corrected chi connectivity index (χ3v) is 3.55. The zero-order valence-corrected chi connectivity index (χ0v) is 10.6. The molecule has 0 saturated carbocycles. The molecule has 1 heterocycles. The van der Waals surface area contributed by atoms with Crippen LogP contribution in [0.4, 0.5) is 8.78 Å². The molecule has 100 valence electrons. The minimum absolute atomic E-state index is 0.103. The summed E-state index contributed by atoms with van der Waals surface area (Å²) in [5.41, 5.74) is 0.418. The zero-order valence-electron chi connectivity index (χ0n) is 10.6.